The molecule has 0 rings (SSSR count). The zero-order valence-corrected chi connectivity index (χ0v) is 10.4. The van der Waals surface area contributed by atoms with Crippen LogP contribution in [0.4, 0.5) is 0 Å². The molecule has 0 amide bonds. The minimum Gasteiger partial charge on any atom is -0.396 e. The second kappa shape index (κ2) is 7.16. The van der Waals surface area contributed by atoms with Crippen molar-refractivity contribution in [3.8, 4) is 0 Å². The molecule has 0 aliphatic heterocycles. The first-order chi connectivity index (χ1) is 6.93. The Kier molecular flexibility index (Phi) is 7.08. The van der Waals surface area contributed by atoms with E-state index in [1.165, 1.54) is 0 Å². The van der Waals surface area contributed by atoms with Crippen molar-refractivity contribution in [2.45, 2.75) is 26.8 Å². The molecule has 0 radical (unpaired) electrons. The van der Waals surface area contributed by atoms with Crippen LogP contribution >= 0.6 is 0 Å². The Morgan fingerprint density at radius 3 is 2.47 bits per heavy atom. The molecule has 0 aliphatic carbocycles. The molecule has 2 unspecified atom stereocenters. The van der Waals surface area contributed by atoms with Crippen molar-refractivity contribution in [3.63, 3.8) is 0 Å². The average Bonchev–Trinajstić information content (AvgIpc) is 2.16. The monoisotopic (exact) mass is 239 g/mol. The van der Waals surface area contributed by atoms with Crippen LogP contribution in [0.25, 0.3) is 0 Å². The predicted molar refractivity (Wildman–Crippen MR) is 59.1 cm³/mol. The number of ether oxygens (including phenoxy) is 1. The van der Waals surface area contributed by atoms with Crippen LogP contribution in [0.5, 0.6) is 0 Å². The predicted octanol–water partition coefficient (Wildman–Crippen LogP) is -0.0408. The molecule has 0 aromatic rings. The molecule has 92 valence electrons. The van der Waals surface area contributed by atoms with Gasteiger partial charge in [0.05, 0.1) is 12.4 Å². The maximum atomic E-state index is 11.5. The first kappa shape index (κ1) is 14.8. The van der Waals surface area contributed by atoms with Crippen LogP contribution in [-0.4, -0.2) is 45.1 Å². The largest absolute Gasteiger partial charge is 0.396 e. The molecule has 0 saturated heterocycles. The Bertz CT molecular complexity index is 253. The van der Waals surface area contributed by atoms with Crippen LogP contribution in [0.2, 0.25) is 0 Å². The highest BCUT2D eigenvalue weighted by atomic mass is 32.2. The van der Waals surface area contributed by atoms with Gasteiger partial charge in [0.15, 0.2) is 0 Å². The second-order valence-electron chi connectivity index (χ2n) is 3.58. The Labute approximate surface area is 91.9 Å². The van der Waals surface area contributed by atoms with Crippen LogP contribution in [0.15, 0.2) is 0 Å². The van der Waals surface area contributed by atoms with Gasteiger partial charge in [-0.25, -0.2) is 13.1 Å². The maximum absolute atomic E-state index is 11.5. The summed E-state index contributed by atoms with van der Waals surface area (Å²) in [6.07, 6.45) is 0. The number of aliphatic hydroxyl groups is 1. The fourth-order valence-electron chi connectivity index (χ4n) is 0.929. The van der Waals surface area contributed by atoms with E-state index in [-0.39, 0.29) is 30.9 Å². The van der Waals surface area contributed by atoms with E-state index < -0.39 is 10.0 Å². The van der Waals surface area contributed by atoms with E-state index in [4.69, 9.17) is 9.84 Å². The molecule has 0 saturated carbocycles. The summed E-state index contributed by atoms with van der Waals surface area (Å²) in [5.41, 5.74) is 0. The van der Waals surface area contributed by atoms with E-state index in [0.29, 0.717) is 6.61 Å². The van der Waals surface area contributed by atoms with Crippen molar-refractivity contribution in [1.82, 2.24) is 4.72 Å². The van der Waals surface area contributed by atoms with E-state index in [1.807, 2.05) is 6.92 Å². The number of hydrogen-bond donors (Lipinski definition) is 2. The summed E-state index contributed by atoms with van der Waals surface area (Å²) in [5.74, 6) is -0.129. The summed E-state index contributed by atoms with van der Waals surface area (Å²) in [4.78, 5) is 0. The van der Waals surface area contributed by atoms with Crippen molar-refractivity contribution in [2.24, 2.45) is 5.92 Å². The summed E-state index contributed by atoms with van der Waals surface area (Å²) in [6, 6.07) is -0.262. The third kappa shape index (κ3) is 6.83. The summed E-state index contributed by atoms with van der Waals surface area (Å²) < 4.78 is 30.4. The SMILES string of the molecule is CCOCCS(=O)(=O)NC(C)C(C)CO. The van der Waals surface area contributed by atoms with Gasteiger partial charge in [0.2, 0.25) is 10.0 Å². The van der Waals surface area contributed by atoms with Gasteiger partial charge in [0.1, 0.15) is 0 Å². The molecular formula is C9H21NO4S. The van der Waals surface area contributed by atoms with Crippen LogP contribution in [0.1, 0.15) is 20.8 Å². The van der Waals surface area contributed by atoms with Crippen molar-refractivity contribution >= 4 is 10.0 Å². The van der Waals surface area contributed by atoms with Gasteiger partial charge in [-0.1, -0.05) is 6.92 Å². The molecule has 15 heavy (non-hydrogen) atoms. The number of sulfonamides is 1. The van der Waals surface area contributed by atoms with E-state index in [1.54, 1.807) is 13.8 Å². The maximum Gasteiger partial charge on any atom is 0.214 e. The van der Waals surface area contributed by atoms with Gasteiger partial charge in [-0.15, -0.1) is 0 Å². The average molecular weight is 239 g/mol. The highest BCUT2D eigenvalue weighted by molar-refractivity contribution is 7.89. The van der Waals surface area contributed by atoms with Crippen molar-refractivity contribution in [3.05, 3.63) is 0 Å². The summed E-state index contributed by atoms with van der Waals surface area (Å²) in [5, 5.41) is 8.86. The molecule has 2 N–H and O–H groups in total. The number of rotatable bonds is 8. The highest BCUT2D eigenvalue weighted by Crippen LogP contribution is 2.02. The van der Waals surface area contributed by atoms with Crippen molar-refractivity contribution in [2.75, 3.05) is 25.6 Å². The second-order valence-corrected chi connectivity index (χ2v) is 5.46. The molecular weight excluding hydrogens is 218 g/mol. The Balaban J connectivity index is 4.02. The van der Waals surface area contributed by atoms with Gasteiger partial charge in [0.25, 0.3) is 0 Å². The van der Waals surface area contributed by atoms with Gasteiger partial charge in [0, 0.05) is 19.3 Å². The fourth-order valence-corrected chi connectivity index (χ4v) is 2.18. The fraction of sp³-hybridized carbons (Fsp3) is 1.00. The normalized spacial score (nSPS) is 16.3. The Morgan fingerprint density at radius 1 is 1.40 bits per heavy atom. The van der Waals surface area contributed by atoms with Gasteiger partial charge < -0.3 is 9.84 Å². The third-order valence-corrected chi connectivity index (χ3v) is 3.64. The molecule has 6 heteroatoms. The lowest BCUT2D eigenvalue weighted by atomic mass is 10.1. The van der Waals surface area contributed by atoms with Crippen molar-refractivity contribution in [1.29, 1.82) is 0 Å². The summed E-state index contributed by atoms with van der Waals surface area (Å²) in [7, 11) is -3.29. The van der Waals surface area contributed by atoms with Crippen molar-refractivity contribution < 1.29 is 18.3 Å². The molecule has 0 spiro atoms. The molecule has 0 fully saturated rings. The van der Waals surface area contributed by atoms with E-state index >= 15 is 0 Å². The lowest BCUT2D eigenvalue weighted by Crippen LogP contribution is -2.40. The first-order valence-corrected chi connectivity index (χ1v) is 6.76. The smallest absolute Gasteiger partial charge is 0.214 e. The van der Waals surface area contributed by atoms with Gasteiger partial charge in [-0.3, -0.25) is 0 Å². The van der Waals surface area contributed by atoms with E-state index in [9.17, 15) is 8.42 Å². The van der Waals surface area contributed by atoms with Gasteiger partial charge in [-0.05, 0) is 19.8 Å². The zero-order chi connectivity index (χ0) is 11.9. The molecule has 0 aromatic carbocycles. The minimum absolute atomic E-state index is 0.0326. The third-order valence-electron chi connectivity index (χ3n) is 2.21. The molecule has 0 heterocycles. The standard InChI is InChI=1S/C9H21NO4S/c1-4-14-5-6-15(12,13)10-9(3)8(2)7-11/h8-11H,4-7H2,1-3H3. The minimum atomic E-state index is -3.29. The highest BCUT2D eigenvalue weighted by Gasteiger charge is 2.18. The quantitative estimate of drug-likeness (QED) is 0.583. The van der Waals surface area contributed by atoms with Crippen LogP contribution < -0.4 is 4.72 Å². The first-order valence-electron chi connectivity index (χ1n) is 5.11. The van der Waals surface area contributed by atoms with E-state index in [2.05, 4.69) is 4.72 Å². The summed E-state index contributed by atoms with van der Waals surface area (Å²) >= 11 is 0. The number of aliphatic hydroxyl groups excluding tert-OH is 1. The van der Waals surface area contributed by atoms with Crippen LogP contribution in [0, 0.1) is 5.92 Å². The molecule has 0 bridgehead atoms. The molecule has 2 atom stereocenters. The lowest BCUT2D eigenvalue weighted by Gasteiger charge is -2.19. The van der Waals surface area contributed by atoms with Gasteiger partial charge >= 0.3 is 0 Å². The van der Waals surface area contributed by atoms with Crippen LogP contribution in [0.3, 0.4) is 0 Å². The Hall–Kier alpha value is -0.170. The van der Waals surface area contributed by atoms with Crippen LogP contribution in [-0.2, 0) is 14.8 Å². The Morgan fingerprint density at radius 2 is 2.00 bits per heavy atom. The zero-order valence-electron chi connectivity index (χ0n) is 9.56. The molecule has 5 nitrogen and oxygen atoms in total. The van der Waals surface area contributed by atoms with E-state index in [0.717, 1.165) is 0 Å². The summed E-state index contributed by atoms with van der Waals surface area (Å²) in [6.45, 7) is 6.02. The molecule has 0 aromatic heterocycles. The molecule has 0 aliphatic rings. The number of nitrogens with one attached hydrogen (secondary N) is 1. The number of hydrogen-bond acceptors (Lipinski definition) is 4. The lowest BCUT2D eigenvalue weighted by molar-refractivity contribution is 0.163. The topological polar surface area (TPSA) is 75.6 Å². The van der Waals surface area contributed by atoms with Gasteiger partial charge in [-0.2, -0.15) is 0 Å².